The highest BCUT2D eigenvalue weighted by Crippen LogP contribution is 2.41. The van der Waals surface area contributed by atoms with Crippen molar-refractivity contribution in [3.8, 4) is 0 Å². The molecule has 194 valence electrons. The molecule has 36 heavy (non-hydrogen) atoms. The van der Waals surface area contributed by atoms with Crippen LogP contribution in [0.15, 0.2) is 72.3 Å². The second-order valence-electron chi connectivity index (χ2n) is 11.4. The third-order valence-electron chi connectivity index (χ3n) is 7.38. The monoisotopic (exact) mass is 489 g/mol. The van der Waals surface area contributed by atoms with E-state index in [-0.39, 0.29) is 30.0 Å². The van der Waals surface area contributed by atoms with Gasteiger partial charge in [0.25, 0.3) is 0 Å². The first kappa shape index (κ1) is 28.2. The molecule has 2 aromatic carbocycles. The molecule has 4 nitrogen and oxygen atoms in total. The van der Waals surface area contributed by atoms with Crippen LogP contribution in [0.25, 0.3) is 0 Å². The quantitative estimate of drug-likeness (QED) is 0.175. The predicted molar refractivity (Wildman–Crippen MR) is 149 cm³/mol. The Bertz CT molecular complexity index is 926. The maximum absolute atomic E-state index is 13.2. The van der Waals surface area contributed by atoms with E-state index >= 15 is 0 Å². The molecule has 1 aliphatic heterocycles. The number of carbonyl (C=O) groups excluding carboxylic acids is 1. The number of allylic oxidation sites excluding steroid dienone is 2. The maximum Gasteiger partial charge on any atom is 0.465 e. The fourth-order valence-electron chi connectivity index (χ4n) is 4.62. The van der Waals surface area contributed by atoms with Crippen LogP contribution in [0.1, 0.15) is 84.8 Å². The van der Waals surface area contributed by atoms with E-state index in [1.807, 2.05) is 41.3 Å². The van der Waals surface area contributed by atoms with Crippen LogP contribution in [0.3, 0.4) is 0 Å². The van der Waals surface area contributed by atoms with Gasteiger partial charge >= 0.3 is 7.12 Å². The van der Waals surface area contributed by atoms with Crippen molar-refractivity contribution in [3.05, 3.63) is 83.4 Å². The molecule has 1 heterocycles. The van der Waals surface area contributed by atoms with Crippen LogP contribution in [0.5, 0.6) is 0 Å². The number of amides is 1. The molecule has 1 saturated heterocycles. The molecule has 2 aromatic rings. The smallest absolute Gasteiger partial charge is 0.403 e. The molecule has 1 aliphatic rings. The zero-order chi connectivity index (χ0) is 26.2. The normalized spacial score (nSPS) is 17.0. The van der Waals surface area contributed by atoms with Gasteiger partial charge < -0.3 is 14.2 Å². The molecule has 1 fully saturated rings. The molecule has 5 heteroatoms. The molecule has 0 radical (unpaired) electrons. The first-order chi connectivity index (χ1) is 17.1. The summed E-state index contributed by atoms with van der Waals surface area (Å²) in [4.78, 5) is 15.2. The number of hydrogen-bond acceptors (Lipinski definition) is 3. The summed E-state index contributed by atoms with van der Waals surface area (Å²) >= 11 is 0. The van der Waals surface area contributed by atoms with Gasteiger partial charge in [0.15, 0.2) is 0 Å². The molecule has 0 N–H and O–H groups in total. The highest BCUT2D eigenvalue weighted by molar-refractivity contribution is 6.48. The maximum atomic E-state index is 13.2. The standard InChI is InChI=1S/C31H44BNO3/c1-25(2)22-28(32-35-30(3,4)31(5,6)36-32)20-14-9-15-21-29(34)33(23-26-16-10-7-11-17-26)24-27-18-12-8-13-19-27/h7-8,10-13,16-19,22,28H,9,14-15,20-21,23-24H2,1-6H3/t28-/m0/s1. The predicted octanol–water partition coefficient (Wildman–Crippen LogP) is 7.59. The number of benzene rings is 2. The van der Waals surface area contributed by atoms with E-state index in [1.54, 1.807) is 0 Å². The summed E-state index contributed by atoms with van der Waals surface area (Å²) in [7, 11) is -0.223. The Labute approximate surface area is 219 Å². The van der Waals surface area contributed by atoms with E-state index in [1.165, 1.54) is 5.57 Å². The van der Waals surface area contributed by atoms with Gasteiger partial charge in [0.1, 0.15) is 0 Å². The van der Waals surface area contributed by atoms with E-state index in [0.717, 1.165) is 36.8 Å². The average Bonchev–Trinajstić information content (AvgIpc) is 3.05. The molecule has 0 saturated carbocycles. The SMILES string of the molecule is CC(C)=C[C@H](CCCCCC(=O)N(Cc1ccccc1)Cc1ccccc1)B1OC(C)(C)C(C)(C)O1. The van der Waals surface area contributed by atoms with Crippen molar-refractivity contribution in [1.82, 2.24) is 4.90 Å². The van der Waals surface area contributed by atoms with Crippen LogP contribution in [-0.2, 0) is 27.2 Å². The Kier molecular flexibility index (Phi) is 9.98. The van der Waals surface area contributed by atoms with E-state index in [0.29, 0.717) is 19.5 Å². The Morgan fingerprint density at radius 3 is 1.81 bits per heavy atom. The van der Waals surface area contributed by atoms with Gasteiger partial charge in [-0.15, -0.1) is 0 Å². The third-order valence-corrected chi connectivity index (χ3v) is 7.38. The fourth-order valence-corrected chi connectivity index (χ4v) is 4.62. The van der Waals surface area contributed by atoms with Crippen LogP contribution >= 0.6 is 0 Å². The minimum absolute atomic E-state index is 0.217. The molecule has 3 rings (SSSR count). The van der Waals surface area contributed by atoms with E-state index in [4.69, 9.17) is 9.31 Å². The second kappa shape index (κ2) is 12.7. The van der Waals surface area contributed by atoms with Crippen LogP contribution < -0.4 is 0 Å². The number of unbranched alkanes of at least 4 members (excludes halogenated alkanes) is 2. The Morgan fingerprint density at radius 2 is 1.33 bits per heavy atom. The summed E-state index contributed by atoms with van der Waals surface area (Å²) in [6, 6.07) is 20.5. The number of nitrogens with zero attached hydrogens (tertiary/aromatic N) is 1. The van der Waals surface area contributed by atoms with Crippen molar-refractivity contribution in [2.75, 3.05) is 0 Å². The van der Waals surface area contributed by atoms with Crippen molar-refractivity contribution < 1.29 is 14.1 Å². The van der Waals surface area contributed by atoms with Crippen molar-refractivity contribution in [3.63, 3.8) is 0 Å². The van der Waals surface area contributed by atoms with Gasteiger partial charge in [-0.1, -0.05) is 85.2 Å². The summed E-state index contributed by atoms with van der Waals surface area (Å²) in [5, 5.41) is 0. The Morgan fingerprint density at radius 1 is 0.833 bits per heavy atom. The Hall–Kier alpha value is -2.37. The fraction of sp³-hybridized carbons (Fsp3) is 0.516. The largest absolute Gasteiger partial charge is 0.465 e. The first-order valence-corrected chi connectivity index (χ1v) is 13.4. The van der Waals surface area contributed by atoms with E-state index in [2.05, 4.69) is 71.9 Å². The summed E-state index contributed by atoms with van der Waals surface area (Å²) in [5.41, 5.74) is 2.96. The molecule has 0 unspecified atom stereocenters. The van der Waals surface area contributed by atoms with Gasteiger partial charge in [-0.25, -0.2) is 0 Å². The molecule has 0 bridgehead atoms. The van der Waals surface area contributed by atoms with Crippen LogP contribution in [0, 0.1) is 0 Å². The molecule has 0 aliphatic carbocycles. The lowest BCUT2D eigenvalue weighted by atomic mass is 9.68. The highest BCUT2D eigenvalue weighted by Gasteiger charge is 2.53. The molecule has 1 amide bonds. The summed E-state index contributed by atoms with van der Waals surface area (Å²) in [6.07, 6.45) is 6.81. The van der Waals surface area contributed by atoms with E-state index < -0.39 is 0 Å². The lowest BCUT2D eigenvalue weighted by Gasteiger charge is -2.32. The summed E-state index contributed by atoms with van der Waals surface area (Å²) in [6.45, 7) is 14.0. The summed E-state index contributed by atoms with van der Waals surface area (Å²) < 4.78 is 12.7. The number of rotatable bonds is 12. The van der Waals surface area contributed by atoms with E-state index in [9.17, 15) is 4.79 Å². The van der Waals surface area contributed by atoms with Crippen LogP contribution in [0.4, 0.5) is 0 Å². The van der Waals surface area contributed by atoms with Gasteiger partial charge in [-0.3, -0.25) is 4.79 Å². The molecule has 0 spiro atoms. The number of hydrogen-bond donors (Lipinski definition) is 0. The van der Waals surface area contributed by atoms with Gasteiger partial charge in [0.2, 0.25) is 5.91 Å². The lowest BCUT2D eigenvalue weighted by Crippen LogP contribution is -2.41. The minimum atomic E-state index is -0.321. The zero-order valence-corrected chi connectivity index (χ0v) is 23.1. The summed E-state index contributed by atoms with van der Waals surface area (Å²) in [5.74, 6) is 0.439. The van der Waals surface area contributed by atoms with Gasteiger partial charge in [-0.05, 0) is 65.5 Å². The molecule has 1 atom stereocenters. The second-order valence-corrected chi connectivity index (χ2v) is 11.4. The van der Waals surface area contributed by atoms with Crippen molar-refractivity contribution >= 4 is 13.0 Å². The van der Waals surface area contributed by atoms with Crippen molar-refractivity contribution in [2.24, 2.45) is 0 Å². The average molecular weight is 490 g/mol. The molecule has 0 aromatic heterocycles. The molecular formula is C31H44BNO3. The highest BCUT2D eigenvalue weighted by atomic mass is 16.7. The third kappa shape index (κ3) is 8.08. The lowest BCUT2D eigenvalue weighted by molar-refractivity contribution is -0.132. The molecular weight excluding hydrogens is 445 g/mol. The zero-order valence-electron chi connectivity index (χ0n) is 23.1. The Balaban J connectivity index is 1.52. The topological polar surface area (TPSA) is 38.8 Å². The van der Waals surface area contributed by atoms with Gasteiger partial charge in [-0.2, -0.15) is 0 Å². The van der Waals surface area contributed by atoms with Crippen LogP contribution in [0.2, 0.25) is 5.82 Å². The van der Waals surface area contributed by atoms with Crippen molar-refractivity contribution in [1.29, 1.82) is 0 Å². The van der Waals surface area contributed by atoms with Crippen LogP contribution in [-0.4, -0.2) is 29.1 Å². The van der Waals surface area contributed by atoms with Gasteiger partial charge in [0, 0.05) is 25.3 Å². The van der Waals surface area contributed by atoms with Gasteiger partial charge in [0.05, 0.1) is 11.2 Å². The van der Waals surface area contributed by atoms with Crippen molar-refractivity contribution in [2.45, 2.75) is 104 Å². The number of carbonyl (C=O) groups is 1. The minimum Gasteiger partial charge on any atom is -0.403 e. The first-order valence-electron chi connectivity index (χ1n) is 13.4.